The molecule has 1 aliphatic rings. The highest BCUT2D eigenvalue weighted by atomic mass is 16.6. The molecule has 1 fully saturated rings. The third-order valence-electron chi connectivity index (χ3n) is 2.86. The lowest BCUT2D eigenvalue weighted by atomic mass is 9.95. The molecule has 0 aromatic heterocycles. The molecule has 1 amide bonds. The lowest BCUT2D eigenvalue weighted by Crippen LogP contribution is -2.41. The molecule has 1 heterocycles. The van der Waals surface area contributed by atoms with E-state index in [1.165, 1.54) is 4.90 Å². The number of hydrogen-bond acceptors (Lipinski definition) is 4. The second-order valence-electron chi connectivity index (χ2n) is 5.66. The second kappa shape index (κ2) is 5.14. The van der Waals surface area contributed by atoms with Crippen LogP contribution in [-0.2, 0) is 9.53 Å². The Hall–Kier alpha value is -1.30. The van der Waals surface area contributed by atoms with Gasteiger partial charge < -0.3 is 19.8 Å². The van der Waals surface area contributed by atoms with Crippen LogP contribution in [0.25, 0.3) is 0 Å². The molecule has 0 aromatic rings. The van der Waals surface area contributed by atoms with E-state index >= 15 is 0 Å². The van der Waals surface area contributed by atoms with Crippen molar-refractivity contribution in [1.29, 1.82) is 0 Å². The lowest BCUT2D eigenvalue weighted by Gasteiger charge is -2.26. The fraction of sp³-hybridized carbons (Fsp3) is 0.833. The minimum atomic E-state index is -1.73. The number of carbonyl (C=O) groups is 2. The van der Waals surface area contributed by atoms with E-state index in [1.54, 1.807) is 20.8 Å². The molecule has 6 heteroatoms. The van der Waals surface area contributed by atoms with E-state index in [-0.39, 0.29) is 19.4 Å². The summed E-state index contributed by atoms with van der Waals surface area (Å²) in [5.74, 6) is -1.23. The van der Waals surface area contributed by atoms with Crippen LogP contribution in [0.4, 0.5) is 4.79 Å². The van der Waals surface area contributed by atoms with Gasteiger partial charge in [-0.3, -0.25) is 0 Å². The minimum absolute atomic E-state index is 0.0293. The average molecular weight is 259 g/mol. The molecule has 0 radical (unpaired) electrons. The van der Waals surface area contributed by atoms with E-state index in [4.69, 9.17) is 9.84 Å². The Morgan fingerprint density at radius 2 is 1.83 bits per heavy atom. The van der Waals surface area contributed by atoms with Crippen molar-refractivity contribution in [2.75, 3.05) is 13.1 Å². The first-order chi connectivity index (χ1) is 8.14. The SMILES string of the molecule is CC(C)(C)OC(=O)N1CCCC(O)(C(=O)O)CC1. The van der Waals surface area contributed by atoms with Gasteiger partial charge in [0.2, 0.25) is 0 Å². The Morgan fingerprint density at radius 1 is 1.22 bits per heavy atom. The summed E-state index contributed by atoms with van der Waals surface area (Å²) in [5, 5.41) is 18.8. The van der Waals surface area contributed by atoms with E-state index < -0.39 is 23.3 Å². The van der Waals surface area contributed by atoms with Gasteiger partial charge in [-0.05, 0) is 33.6 Å². The molecule has 0 aromatic carbocycles. The number of rotatable bonds is 1. The van der Waals surface area contributed by atoms with Crippen LogP contribution in [0.5, 0.6) is 0 Å². The first-order valence-electron chi connectivity index (χ1n) is 6.08. The Kier molecular flexibility index (Phi) is 4.21. The highest BCUT2D eigenvalue weighted by molar-refractivity contribution is 5.77. The van der Waals surface area contributed by atoms with Crippen LogP contribution in [-0.4, -0.2) is 51.5 Å². The van der Waals surface area contributed by atoms with Crippen LogP contribution in [0.15, 0.2) is 0 Å². The first-order valence-corrected chi connectivity index (χ1v) is 6.08. The van der Waals surface area contributed by atoms with Crippen molar-refractivity contribution in [3.8, 4) is 0 Å². The quantitative estimate of drug-likeness (QED) is 0.739. The van der Waals surface area contributed by atoms with Crippen molar-refractivity contribution in [3.05, 3.63) is 0 Å². The zero-order valence-corrected chi connectivity index (χ0v) is 11.1. The van der Waals surface area contributed by atoms with Gasteiger partial charge in [0.15, 0.2) is 5.60 Å². The van der Waals surface area contributed by atoms with Gasteiger partial charge in [0.25, 0.3) is 0 Å². The fourth-order valence-electron chi connectivity index (χ4n) is 1.84. The van der Waals surface area contributed by atoms with Crippen LogP contribution < -0.4 is 0 Å². The molecule has 104 valence electrons. The van der Waals surface area contributed by atoms with Crippen molar-refractivity contribution in [1.82, 2.24) is 4.90 Å². The van der Waals surface area contributed by atoms with Gasteiger partial charge in [-0.1, -0.05) is 0 Å². The van der Waals surface area contributed by atoms with E-state index in [1.807, 2.05) is 0 Å². The Labute approximate surface area is 107 Å². The fourth-order valence-corrected chi connectivity index (χ4v) is 1.84. The molecule has 0 bridgehead atoms. The number of ether oxygens (including phenoxy) is 1. The molecule has 1 unspecified atom stereocenters. The molecular weight excluding hydrogens is 238 g/mol. The van der Waals surface area contributed by atoms with Gasteiger partial charge in [-0.2, -0.15) is 0 Å². The van der Waals surface area contributed by atoms with E-state index in [0.717, 1.165) is 0 Å². The Balaban J connectivity index is 2.62. The van der Waals surface area contributed by atoms with Gasteiger partial charge in [0.05, 0.1) is 0 Å². The summed E-state index contributed by atoms with van der Waals surface area (Å²) in [4.78, 5) is 24.2. The monoisotopic (exact) mass is 259 g/mol. The molecular formula is C12H21NO5. The summed E-state index contributed by atoms with van der Waals surface area (Å²) in [6.07, 6.45) is 0.169. The van der Waals surface area contributed by atoms with Crippen LogP contribution in [0.3, 0.4) is 0 Å². The van der Waals surface area contributed by atoms with Gasteiger partial charge in [0, 0.05) is 19.5 Å². The number of aliphatic hydroxyl groups is 1. The van der Waals surface area contributed by atoms with Gasteiger partial charge in [0.1, 0.15) is 5.60 Å². The molecule has 0 spiro atoms. The molecule has 6 nitrogen and oxygen atoms in total. The number of hydrogen-bond donors (Lipinski definition) is 2. The Bertz CT molecular complexity index is 336. The van der Waals surface area contributed by atoms with Gasteiger partial charge >= 0.3 is 12.1 Å². The van der Waals surface area contributed by atoms with Gasteiger partial charge in [-0.15, -0.1) is 0 Å². The van der Waals surface area contributed by atoms with Crippen molar-refractivity contribution in [2.24, 2.45) is 0 Å². The predicted molar refractivity (Wildman–Crippen MR) is 64.2 cm³/mol. The van der Waals surface area contributed by atoms with Crippen LogP contribution >= 0.6 is 0 Å². The highest BCUT2D eigenvalue weighted by Gasteiger charge is 2.38. The molecule has 0 saturated carbocycles. The number of carboxylic acids is 1. The number of aliphatic carboxylic acids is 1. The molecule has 1 atom stereocenters. The predicted octanol–water partition coefficient (Wildman–Crippen LogP) is 1.22. The second-order valence-corrected chi connectivity index (χ2v) is 5.66. The largest absolute Gasteiger partial charge is 0.479 e. The summed E-state index contributed by atoms with van der Waals surface area (Å²) in [6, 6.07) is 0. The van der Waals surface area contributed by atoms with E-state index in [0.29, 0.717) is 13.0 Å². The lowest BCUT2D eigenvalue weighted by molar-refractivity contribution is -0.159. The van der Waals surface area contributed by atoms with E-state index in [9.17, 15) is 14.7 Å². The van der Waals surface area contributed by atoms with Crippen LogP contribution in [0, 0.1) is 0 Å². The van der Waals surface area contributed by atoms with Gasteiger partial charge in [-0.25, -0.2) is 9.59 Å². The third kappa shape index (κ3) is 3.87. The zero-order valence-electron chi connectivity index (χ0n) is 11.1. The molecule has 0 aliphatic carbocycles. The van der Waals surface area contributed by atoms with Crippen molar-refractivity contribution >= 4 is 12.1 Å². The van der Waals surface area contributed by atoms with Crippen molar-refractivity contribution in [2.45, 2.75) is 51.2 Å². The molecule has 1 saturated heterocycles. The molecule has 1 aliphatic heterocycles. The summed E-state index contributed by atoms with van der Waals surface area (Å²) in [7, 11) is 0. The topological polar surface area (TPSA) is 87.1 Å². The molecule has 2 N–H and O–H groups in total. The maximum atomic E-state index is 11.8. The zero-order chi connectivity index (χ0) is 14.0. The summed E-state index contributed by atoms with van der Waals surface area (Å²) in [5.41, 5.74) is -2.30. The normalized spacial score (nSPS) is 25.4. The minimum Gasteiger partial charge on any atom is -0.479 e. The summed E-state index contributed by atoms with van der Waals surface area (Å²) < 4.78 is 5.22. The maximum Gasteiger partial charge on any atom is 0.410 e. The van der Waals surface area contributed by atoms with Crippen molar-refractivity contribution < 1.29 is 24.5 Å². The Morgan fingerprint density at radius 3 is 2.33 bits per heavy atom. The van der Waals surface area contributed by atoms with E-state index in [2.05, 4.69) is 0 Å². The molecule has 18 heavy (non-hydrogen) atoms. The molecule has 1 rings (SSSR count). The third-order valence-corrected chi connectivity index (χ3v) is 2.86. The summed E-state index contributed by atoms with van der Waals surface area (Å²) >= 11 is 0. The number of likely N-dealkylation sites (tertiary alicyclic amines) is 1. The highest BCUT2D eigenvalue weighted by Crippen LogP contribution is 2.23. The van der Waals surface area contributed by atoms with Crippen LogP contribution in [0.1, 0.15) is 40.0 Å². The maximum absolute atomic E-state index is 11.8. The average Bonchev–Trinajstić information content (AvgIpc) is 2.38. The first kappa shape index (κ1) is 14.8. The number of carboxylic acid groups (broad SMARTS) is 1. The summed E-state index contributed by atoms with van der Waals surface area (Å²) in [6.45, 7) is 5.92. The number of nitrogens with zero attached hydrogens (tertiary/aromatic N) is 1. The number of carbonyl (C=O) groups excluding carboxylic acids is 1. The van der Waals surface area contributed by atoms with Crippen LogP contribution in [0.2, 0.25) is 0 Å². The van der Waals surface area contributed by atoms with Crippen molar-refractivity contribution in [3.63, 3.8) is 0 Å². The standard InChI is InChI=1S/C12H21NO5/c1-11(2,3)18-10(16)13-7-4-5-12(17,6-8-13)9(14)15/h17H,4-8H2,1-3H3,(H,14,15). The number of amides is 1. The smallest absolute Gasteiger partial charge is 0.410 e.